The van der Waals surface area contributed by atoms with Gasteiger partial charge in [-0.2, -0.15) is 0 Å². The van der Waals surface area contributed by atoms with Crippen LogP contribution in [0.15, 0.2) is 0 Å². The van der Waals surface area contributed by atoms with Gasteiger partial charge in [0.2, 0.25) is 5.91 Å². The van der Waals surface area contributed by atoms with Gasteiger partial charge >= 0.3 is 0 Å². The Hall–Kier alpha value is -0.610. The summed E-state index contributed by atoms with van der Waals surface area (Å²) in [4.78, 5) is 13.5. The lowest BCUT2D eigenvalue weighted by Crippen LogP contribution is -2.62. The minimum atomic E-state index is 0.0937. The predicted octanol–water partition coefficient (Wildman–Crippen LogP) is 0.189. The number of carbonyl (C=O) groups is 1. The summed E-state index contributed by atoms with van der Waals surface area (Å²) in [5.74, 6) is 0.220. The van der Waals surface area contributed by atoms with Crippen LogP contribution in [0.4, 0.5) is 0 Å². The number of amides is 1. The third kappa shape index (κ3) is 1.25. The first-order chi connectivity index (χ1) is 6.57. The molecule has 2 atom stereocenters. The van der Waals surface area contributed by atoms with E-state index in [2.05, 4.69) is 19.2 Å². The summed E-state index contributed by atoms with van der Waals surface area (Å²) in [6.45, 7) is 5.52. The molecule has 1 saturated carbocycles. The van der Waals surface area contributed by atoms with E-state index >= 15 is 0 Å². The molecule has 1 aliphatic heterocycles. The van der Waals surface area contributed by atoms with E-state index in [9.17, 15) is 4.79 Å². The Bertz CT molecular complexity index is 253. The second-order valence-corrected chi connectivity index (χ2v) is 4.75. The molecule has 0 aromatic heterocycles. The molecule has 1 heterocycles. The Morgan fingerprint density at radius 2 is 2.29 bits per heavy atom. The monoisotopic (exact) mass is 198 g/mol. The van der Waals surface area contributed by atoms with Gasteiger partial charge in [-0.25, -0.2) is 0 Å². The highest BCUT2D eigenvalue weighted by Crippen LogP contribution is 2.45. The van der Waals surface area contributed by atoms with Gasteiger partial charge < -0.3 is 9.64 Å². The molecule has 0 aromatic rings. The Morgan fingerprint density at radius 1 is 1.57 bits per heavy atom. The zero-order valence-electron chi connectivity index (χ0n) is 9.04. The molecule has 2 unspecified atom stereocenters. The van der Waals surface area contributed by atoms with Crippen molar-refractivity contribution in [2.45, 2.75) is 32.4 Å². The van der Waals surface area contributed by atoms with Crippen LogP contribution in [0.1, 0.15) is 20.3 Å². The molecule has 2 fully saturated rings. The van der Waals surface area contributed by atoms with Gasteiger partial charge in [-0.1, -0.05) is 13.8 Å². The van der Waals surface area contributed by atoms with Gasteiger partial charge in [0.25, 0.3) is 0 Å². The van der Waals surface area contributed by atoms with Gasteiger partial charge in [0, 0.05) is 18.6 Å². The van der Waals surface area contributed by atoms with Gasteiger partial charge in [0.1, 0.15) is 0 Å². The van der Waals surface area contributed by atoms with Crippen molar-refractivity contribution in [2.24, 2.45) is 5.41 Å². The lowest BCUT2D eigenvalue weighted by Gasteiger charge is -2.54. The van der Waals surface area contributed by atoms with E-state index in [-0.39, 0.29) is 11.3 Å². The SMILES string of the molecule is COC1CC(N2CNCC2=O)C1(C)C. The summed E-state index contributed by atoms with van der Waals surface area (Å²) in [6, 6.07) is 0.343. The fourth-order valence-electron chi connectivity index (χ4n) is 2.55. The maximum atomic E-state index is 11.5. The van der Waals surface area contributed by atoms with Crippen molar-refractivity contribution in [1.82, 2.24) is 10.2 Å². The van der Waals surface area contributed by atoms with Crippen molar-refractivity contribution in [3.8, 4) is 0 Å². The first-order valence-electron chi connectivity index (χ1n) is 5.10. The highest BCUT2D eigenvalue weighted by atomic mass is 16.5. The van der Waals surface area contributed by atoms with Crippen LogP contribution >= 0.6 is 0 Å². The number of methoxy groups -OCH3 is 1. The predicted molar refractivity (Wildman–Crippen MR) is 52.7 cm³/mol. The molecule has 0 bridgehead atoms. The van der Waals surface area contributed by atoms with Crippen molar-refractivity contribution in [1.29, 1.82) is 0 Å². The molecule has 0 radical (unpaired) electrons. The number of carbonyl (C=O) groups excluding carboxylic acids is 1. The van der Waals surface area contributed by atoms with Crippen LogP contribution in [-0.4, -0.2) is 43.3 Å². The molecule has 4 heteroatoms. The van der Waals surface area contributed by atoms with Crippen LogP contribution in [0.3, 0.4) is 0 Å². The van der Waals surface area contributed by atoms with Crippen LogP contribution in [0, 0.1) is 5.41 Å². The molecule has 1 aliphatic carbocycles. The van der Waals surface area contributed by atoms with Gasteiger partial charge in [0.05, 0.1) is 19.3 Å². The minimum absolute atomic E-state index is 0.0937. The molecule has 2 rings (SSSR count). The number of nitrogens with one attached hydrogen (secondary N) is 1. The number of ether oxygens (including phenoxy) is 1. The first kappa shape index (κ1) is 9.93. The van der Waals surface area contributed by atoms with Crippen molar-refractivity contribution in [2.75, 3.05) is 20.3 Å². The third-order valence-corrected chi connectivity index (χ3v) is 3.67. The van der Waals surface area contributed by atoms with Gasteiger partial charge in [-0.15, -0.1) is 0 Å². The lowest BCUT2D eigenvalue weighted by molar-refractivity contribution is -0.156. The van der Waals surface area contributed by atoms with Gasteiger partial charge in [0.15, 0.2) is 0 Å². The molecule has 1 saturated heterocycles. The zero-order valence-corrected chi connectivity index (χ0v) is 9.04. The number of nitrogens with zero attached hydrogens (tertiary/aromatic N) is 1. The van der Waals surface area contributed by atoms with E-state index in [1.807, 2.05) is 4.90 Å². The fraction of sp³-hybridized carbons (Fsp3) is 0.900. The van der Waals surface area contributed by atoms with E-state index in [4.69, 9.17) is 4.74 Å². The molecule has 0 aromatic carbocycles. The molecule has 4 nitrogen and oxygen atoms in total. The summed E-state index contributed by atoms with van der Waals surface area (Å²) in [6.07, 6.45) is 1.26. The molecule has 14 heavy (non-hydrogen) atoms. The van der Waals surface area contributed by atoms with Crippen molar-refractivity contribution >= 4 is 5.91 Å². The van der Waals surface area contributed by atoms with Crippen molar-refractivity contribution in [3.05, 3.63) is 0 Å². The topological polar surface area (TPSA) is 41.6 Å². The zero-order chi connectivity index (χ0) is 10.3. The second-order valence-electron chi connectivity index (χ2n) is 4.75. The molecule has 0 spiro atoms. The van der Waals surface area contributed by atoms with Gasteiger partial charge in [-0.3, -0.25) is 10.1 Å². The Balaban J connectivity index is 2.04. The van der Waals surface area contributed by atoms with Crippen LogP contribution in [-0.2, 0) is 9.53 Å². The van der Waals surface area contributed by atoms with Crippen LogP contribution < -0.4 is 5.32 Å². The largest absolute Gasteiger partial charge is 0.381 e. The highest BCUT2D eigenvalue weighted by Gasteiger charge is 2.52. The number of rotatable bonds is 2. The molecule has 2 aliphatic rings. The van der Waals surface area contributed by atoms with E-state index in [1.54, 1.807) is 7.11 Å². The normalized spacial score (nSPS) is 35.9. The molecule has 1 N–H and O–H groups in total. The highest BCUT2D eigenvalue weighted by molar-refractivity contribution is 5.80. The van der Waals surface area contributed by atoms with Crippen molar-refractivity contribution < 1.29 is 9.53 Å². The Morgan fingerprint density at radius 3 is 2.71 bits per heavy atom. The molecular formula is C10H18N2O2. The van der Waals surface area contributed by atoms with Gasteiger partial charge in [-0.05, 0) is 6.42 Å². The second kappa shape index (κ2) is 3.21. The number of hydrogen-bond acceptors (Lipinski definition) is 3. The third-order valence-electron chi connectivity index (χ3n) is 3.67. The first-order valence-corrected chi connectivity index (χ1v) is 5.10. The van der Waals surface area contributed by atoms with Crippen molar-refractivity contribution in [3.63, 3.8) is 0 Å². The van der Waals surface area contributed by atoms with E-state index < -0.39 is 0 Å². The number of hydrogen-bond donors (Lipinski definition) is 1. The average Bonchev–Trinajstić information content (AvgIpc) is 2.51. The molecular weight excluding hydrogens is 180 g/mol. The Labute approximate surface area is 84.6 Å². The summed E-state index contributed by atoms with van der Waals surface area (Å²) >= 11 is 0. The van der Waals surface area contributed by atoms with E-state index in [0.29, 0.717) is 25.4 Å². The standard InChI is InChI=1S/C10H18N2O2/c1-10(2)7(4-8(10)14-3)12-6-11-5-9(12)13/h7-8,11H,4-6H2,1-3H3. The summed E-state index contributed by atoms with van der Waals surface area (Å²) < 4.78 is 5.37. The quantitative estimate of drug-likeness (QED) is 0.688. The molecule has 1 amide bonds. The van der Waals surface area contributed by atoms with E-state index in [1.165, 1.54) is 0 Å². The lowest BCUT2D eigenvalue weighted by atomic mass is 9.64. The Kier molecular flexibility index (Phi) is 2.27. The van der Waals surface area contributed by atoms with E-state index in [0.717, 1.165) is 6.42 Å². The summed E-state index contributed by atoms with van der Waals surface area (Å²) in [7, 11) is 1.74. The fourth-order valence-corrected chi connectivity index (χ4v) is 2.55. The maximum absolute atomic E-state index is 11.5. The van der Waals surface area contributed by atoms with Crippen LogP contribution in [0.2, 0.25) is 0 Å². The average molecular weight is 198 g/mol. The summed E-state index contributed by atoms with van der Waals surface area (Å²) in [5.41, 5.74) is 0.0937. The molecule has 80 valence electrons. The smallest absolute Gasteiger partial charge is 0.237 e. The summed E-state index contributed by atoms with van der Waals surface area (Å²) in [5, 5.41) is 3.08. The maximum Gasteiger partial charge on any atom is 0.237 e. The van der Waals surface area contributed by atoms with Crippen LogP contribution in [0.25, 0.3) is 0 Å². The van der Waals surface area contributed by atoms with Crippen LogP contribution in [0.5, 0.6) is 0 Å². The minimum Gasteiger partial charge on any atom is -0.381 e.